The Bertz CT molecular complexity index is 356. The summed E-state index contributed by atoms with van der Waals surface area (Å²) in [5.74, 6) is -0.219. The number of nitrogens with zero attached hydrogens (tertiary/aromatic N) is 1. The van der Waals surface area contributed by atoms with E-state index in [0.717, 1.165) is 24.1 Å². The Hall–Kier alpha value is -0.620. The number of rotatable bonds is 7. The van der Waals surface area contributed by atoms with Gasteiger partial charge in [-0.15, -0.1) is 0 Å². The number of esters is 1. The molecule has 0 fully saturated rings. The number of ether oxygens (including phenoxy) is 1. The SMILES string of the molecule is COC(=O)C(C)CN(CCI)Cc1ccccc1. The van der Waals surface area contributed by atoms with E-state index in [9.17, 15) is 4.79 Å². The van der Waals surface area contributed by atoms with Gasteiger partial charge in [0, 0.05) is 24.1 Å². The van der Waals surface area contributed by atoms with Gasteiger partial charge in [0.15, 0.2) is 0 Å². The molecule has 0 aliphatic carbocycles. The van der Waals surface area contributed by atoms with Crippen LogP contribution in [0.3, 0.4) is 0 Å². The van der Waals surface area contributed by atoms with Gasteiger partial charge in [0.25, 0.3) is 0 Å². The molecule has 0 spiro atoms. The molecule has 0 aliphatic heterocycles. The van der Waals surface area contributed by atoms with Crippen LogP contribution < -0.4 is 0 Å². The lowest BCUT2D eigenvalue weighted by molar-refractivity contribution is -0.145. The van der Waals surface area contributed by atoms with Gasteiger partial charge >= 0.3 is 5.97 Å². The lowest BCUT2D eigenvalue weighted by atomic mass is 10.1. The van der Waals surface area contributed by atoms with Crippen LogP contribution in [0.1, 0.15) is 12.5 Å². The van der Waals surface area contributed by atoms with Crippen molar-refractivity contribution in [3.8, 4) is 0 Å². The molecule has 3 nitrogen and oxygen atoms in total. The summed E-state index contributed by atoms with van der Waals surface area (Å²) in [5.41, 5.74) is 1.28. The van der Waals surface area contributed by atoms with Crippen molar-refractivity contribution in [2.45, 2.75) is 13.5 Å². The van der Waals surface area contributed by atoms with Crippen LogP contribution in [0.4, 0.5) is 0 Å². The average molecular weight is 361 g/mol. The largest absolute Gasteiger partial charge is 0.469 e. The van der Waals surface area contributed by atoms with Crippen LogP contribution in [0.5, 0.6) is 0 Å². The van der Waals surface area contributed by atoms with Gasteiger partial charge in [-0.1, -0.05) is 59.8 Å². The maximum absolute atomic E-state index is 11.5. The molecule has 100 valence electrons. The fraction of sp³-hybridized carbons (Fsp3) is 0.500. The highest BCUT2D eigenvalue weighted by Gasteiger charge is 2.17. The van der Waals surface area contributed by atoms with Crippen molar-refractivity contribution in [2.24, 2.45) is 5.92 Å². The fourth-order valence-corrected chi connectivity index (χ4v) is 2.54. The molecule has 0 radical (unpaired) electrons. The van der Waals surface area contributed by atoms with Crippen LogP contribution in [0, 0.1) is 5.92 Å². The predicted octanol–water partition coefficient (Wildman–Crippen LogP) is 2.73. The van der Waals surface area contributed by atoms with Crippen LogP contribution in [-0.4, -0.2) is 35.5 Å². The van der Waals surface area contributed by atoms with E-state index in [1.54, 1.807) is 0 Å². The number of benzene rings is 1. The van der Waals surface area contributed by atoms with E-state index in [2.05, 4.69) is 39.6 Å². The molecule has 18 heavy (non-hydrogen) atoms. The molecule has 1 unspecified atom stereocenters. The maximum Gasteiger partial charge on any atom is 0.309 e. The zero-order chi connectivity index (χ0) is 13.4. The first-order chi connectivity index (χ1) is 8.67. The lowest BCUT2D eigenvalue weighted by Crippen LogP contribution is -2.33. The molecule has 0 aliphatic rings. The molecule has 1 rings (SSSR count). The third-order valence-corrected chi connectivity index (χ3v) is 3.27. The average Bonchev–Trinajstić information content (AvgIpc) is 2.39. The lowest BCUT2D eigenvalue weighted by Gasteiger charge is -2.24. The summed E-state index contributed by atoms with van der Waals surface area (Å²) < 4.78 is 5.83. The van der Waals surface area contributed by atoms with Crippen molar-refractivity contribution < 1.29 is 9.53 Å². The molecule has 1 atom stereocenters. The minimum atomic E-state index is -0.137. The van der Waals surface area contributed by atoms with E-state index in [0.29, 0.717) is 0 Å². The first-order valence-corrected chi connectivity index (χ1v) is 7.60. The number of hydrogen-bond acceptors (Lipinski definition) is 3. The highest BCUT2D eigenvalue weighted by molar-refractivity contribution is 14.1. The number of alkyl halides is 1. The molecule has 1 aromatic rings. The van der Waals surface area contributed by atoms with Crippen molar-refractivity contribution in [3.05, 3.63) is 35.9 Å². The highest BCUT2D eigenvalue weighted by Crippen LogP contribution is 2.09. The van der Waals surface area contributed by atoms with Crippen molar-refractivity contribution in [1.82, 2.24) is 4.90 Å². The van der Waals surface area contributed by atoms with Crippen molar-refractivity contribution in [3.63, 3.8) is 0 Å². The molecular formula is C14H20INO2. The van der Waals surface area contributed by atoms with Gasteiger partial charge in [-0.05, 0) is 5.56 Å². The Kier molecular flexibility index (Phi) is 7.27. The third-order valence-electron chi connectivity index (χ3n) is 2.79. The molecule has 4 heteroatoms. The number of carbonyl (C=O) groups excluding carboxylic acids is 1. The number of hydrogen-bond donors (Lipinski definition) is 0. The second-order valence-electron chi connectivity index (χ2n) is 4.33. The second kappa shape index (κ2) is 8.48. The monoisotopic (exact) mass is 361 g/mol. The van der Waals surface area contributed by atoms with E-state index in [-0.39, 0.29) is 11.9 Å². The Labute approximate surface area is 123 Å². The molecule has 0 N–H and O–H groups in total. The first kappa shape index (κ1) is 15.4. The van der Waals surface area contributed by atoms with Gasteiger partial charge < -0.3 is 4.74 Å². The van der Waals surface area contributed by atoms with E-state index in [4.69, 9.17) is 4.74 Å². The predicted molar refractivity (Wildman–Crippen MR) is 81.8 cm³/mol. The van der Waals surface area contributed by atoms with E-state index in [1.807, 2.05) is 25.1 Å². The van der Waals surface area contributed by atoms with E-state index >= 15 is 0 Å². The summed E-state index contributed by atoms with van der Waals surface area (Å²) in [5, 5.41) is 0. The zero-order valence-corrected chi connectivity index (χ0v) is 13.1. The maximum atomic E-state index is 11.5. The Morgan fingerprint density at radius 3 is 2.61 bits per heavy atom. The molecule has 0 saturated heterocycles. The van der Waals surface area contributed by atoms with Crippen LogP contribution in [-0.2, 0) is 16.1 Å². The summed E-state index contributed by atoms with van der Waals surface area (Å²) in [4.78, 5) is 13.7. The number of methoxy groups -OCH3 is 1. The third kappa shape index (κ3) is 5.35. The molecular weight excluding hydrogens is 341 g/mol. The van der Waals surface area contributed by atoms with Crippen molar-refractivity contribution in [1.29, 1.82) is 0 Å². The fourth-order valence-electron chi connectivity index (χ4n) is 1.86. The van der Waals surface area contributed by atoms with Gasteiger partial charge in [0.2, 0.25) is 0 Å². The summed E-state index contributed by atoms with van der Waals surface area (Å²) in [6, 6.07) is 10.3. The summed E-state index contributed by atoms with van der Waals surface area (Å²) >= 11 is 2.36. The van der Waals surface area contributed by atoms with E-state index in [1.165, 1.54) is 12.7 Å². The Balaban J connectivity index is 2.57. The van der Waals surface area contributed by atoms with Crippen molar-refractivity contribution in [2.75, 3.05) is 24.6 Å². The van der Waals surface area contributed by atoms with Crippen molar-refractivity contribution >= 4 is 28.6 Å². The molecule has 0 heterocycles. The summed E-state index contributed by atoms with van der Waals surface area (Å²) in [6.07, 6.45) is 0. The van der Waals surface area contributed by atoms with Gasteiger partial charge in [-0.25, -0.2) is 0 Å². The Morgan fingerprint density at radius 1 is 1.39 bits per heavy atom. The quantitative estimate of drug-likeness (QED) is 0.425. The number of halogens is 1. The normalized spacial score (nSPS) is 12.4. The zero-order valence-electron chi connectivity index (χ0n) is 10.9. The van der Waals surface area contributed by atoms with E-state index < -0.39 is 0 Å². The van der Waals surface area contributed by atoms with Gasteiger partial charge in [0.1, 0.15) is 0 Å². The van der Waals surface area contributed by atoms with Crippen LogP contribution in [0.25, 0.3) is 0 Å². The van der Waals surface area contributed by atoms with Gasteiger partial charge in [-0.3, -0.25) is 9.69 Å². The van der Waals surface area contributed by atoms with Crippen LogP contribution >= 0.6 is 22.6 Å². The highest BCUT2D eigenvalue weighted by atomic mass is 127. The minimum absolute atomic E-state index is 0.0818. The number of carbonyl (C=O) groups is 1. The summed E-state index contributed by atoms with van der Waals surface area (Å²) in [6.45, 7) is 4.52. The first-order valence-electron chi connectivity index (χ1n) is 6.07. The second-order valence-corrected chi connectivity index (χ2v) is 5.41. The van der Waals surface area contributed by atoms with Gasteiger partial charge in [-0.2, -0.15) is 0 Å². The molecule has 0 aromatic heterocycles. The molecule has 0 amide bonds. The Morgan fingerprint density at radius 2 is 2.06 bits per heavy atom. The smallest absolute Gasteiger partial charge is 0.309 e. The topological polar surface area (TPSA) is 29.5 Å². The summed E-state index contributed by atoms with van der Waals surface area (Å²) in [7, 11) is 1.44. The standard InChI is InChI=1S/C14H20INO2/c1-12(14(17)18-2)10-16(9-8-15)11-13-6-4-3-5-7-13/h3-7,12H,8-11H2,1-2H3. The minimum Gasteiger partial charge on any atom is -0.469 e. The van der Waals surface area contributed by atoms with Gasteiger partial charge in [0.05, 0.1) is 13.0 Å². The molecule has 0 saturated carbocycles. The molecule has 1 aromatic carbocycles. The van der Waals surface area contributed by atoms with Crippen LogP contribution in [0.2, 0.25) is 0 Å². The molecule has 0 bridgehead atoms. The van der Waals surface area contributed by atoms with Crippen LogP contribution in [0.15, 0.2) is 30.3 Å².